The predicted octanol–water partition coefficient (Wildman–Crippen LogP) is 5.35. The van der Waals surface area contributed by atoms with E-state index in [1.807, 2.05) is 24.3 Å². The van der Waals surface area contributed by atoms with Gasteiger partial charge < -0.3 is 0 Å². The van der Waals surface area contributed by atoms with E-state index < -0.39 is 0 Å². The van der Waals surface area contributed by atoms with Crippen molar-refractivity contribution in [2.45, 2.75) is 27.3 Å². The molecule has 0 aliphatic carbocycles. The Balaban J connectivity index is 1.83. The van der Waals surface area contributed by atoms with E-state index in [0.29, 0.717) is 0 Å². The molecule has 0 aliphatic rings. The first-order valence-electron chi connectivity index (χ1n) is 8.46. The largest absolute Gasteiger partial charge is 0.297 e. The molecule has 0 radical (unpaired) electrons. The molecule has 1 aromatic carbocycles. The van der Waals surface area contributed by atoms with Gasteiger partial charge in [0.15, 0.2) is 0 Å². The lowest BCUT2D eigenvalue weighted by Gasteiger charge is -2.11. The van der Waals surface area contributed by atoms with Crippen LogP contribution in [-0.4, -0.2) is 23.5 Å². The highest BCUT2D eigenvalue weighted by Gasteiger charge is 2.03. The van der Waals surface area contributed by atoms with Crippen LogP contribution in [0.15, 0.2) is 47.9 Å². The number of thiazole rings is 1. The van der Waals surface area contributed by atoms with Crippen LogP contribution < -0.4 is 0 Å². The maximum atomic E-state index is 4.68. The molecule has 2 rings (SSSR count). The molecule has 2 nitrogen and oxygen atoms in total. The number of nitrogens with zero attached hydrogens (tertiary/aromatic N) is 2. The van der Waals surface area contributed by atoms with Gasteiger partial charge in [0.05, 0.1) is 5.69 Å². The molecule has 0 saturated carbocycles. The first-order valence-corrected chi connectivity index (χ1v) is 9.34. The molecule has 0 saturated heterocycles. The lowest BCUT2D eigenvalue weighted by Crippen LogP contribution is -2.17. The molecule has 0 bridgehead atoms. The van der Waals surface area contributed by atoms with Crippen molar-refractivity contribution in [2.75, 3.05) is 13.6 Å². The smallest absolute Gasteiger partial charge is 0.116 e. The molecule has 2 aromatic rings. The van der Waals surface area contributed by atoms with Crippen LogP contribution in [0.3, 0.4) is 0 Å². The van der Waals surface area contributed by atoms with Crippen LogP contribution in [0.25, 0.3) is 12.2 Å². The molecule has 0 atom stereocenters. The van der Waals surface area contributed by atoms with Crippen LogP contribution in [0.2, 0.25) is 0 Å². The molecule has 130 valence electrons. The number of likely N-dealkylation sites (N-methyl/N-ethyl adjacent to an activating group) is 1. The van der Waals surface area contributed by atoms with Gasteiger partial charge in [-0.05, 0) is 45.5 Å². The van der Waals surface area contributed by atoms with Crippen molar-refractivity contribution in [3.63, 3.8) is 0 Å². The lowest BCUT2D eigenvalue weighted by molar-refractivity contribution is 0.359. The van der Waals surface area contributed by atoms with E-state index in [2.05, 4.69) is 85.3 Å². The second-order valence-electron chi connectivity index (χ2n) is 7.04. The van der Waals surface area contributed by atoms with Gasteiger partial charge in [-0.2, -0.15) is 0 Å². The van der Waals surface area contributed by atoms with Crippen molar-refractivity contribution in [3.8, 4) is 11.8 Å². The fourth-order valence-corrected chi connectivity index (χ4v) is 2.79. The summed E-state index contributed by atoms with van der Waals surface area (Å²) in [5, 5.41) is 3.17. The average Bonchev–Trinajstić information content (AvgIpc) is 3.00. The van der Waals surface area contributed by atoms with Crippen molar-refractivity contribution >= 4 is 23.5 Å². The minimum Gasteiger partial charge on any atom is -0.297 e. The summed E-state index contributed by atoms with van der Waals surface area (Å²) >= 11 is 1.68. The third-order valence-corrected chi connectivity index (χ3v) is 4.14. The zero-order valence-corrected chi connectivity index (χ0v) is 16.3. The summed E-state index contributed by atoms with van der Waals surface area (Å²) in [6.07, 6.45) is 8.21. The fraction of sp³-hybridized carbons (Fsp3) is 0.318. The van der Waals surface area contributed by atoms with E-state index in [0.717, 1.165) is 23.8 Å². The topological polar surface area (TPSA) is 16.1 Å². The van der Waals surface area contributed by atoms with E-state index in [1.54, 1.807) is 11.3 Å². The summed E-state index contributed by atoms with van der Waals surface area (Å²) in [4.78, 5) is 6.91. The average molecular weight is 351 g/mol. The van der Waals surface area contributed by atoms with Gasteiger partial charge in [0.25, 0.3) is 0 Å². The van der Waals surface area contributed by atoms with Crippen LogP contribution in [0, 0.1) is 17.3 Å². The number of hydrogen-bond donors (Lipinski definition) is 0. The minimum atomic E-state index is 0.0561. The summed E-state index contributed by atoms with van der Waals surface area (Å²) < 4.78 is 0. The van der Waals surface area contributed by atoms with Gasteiger partial charge in [-0.1, -0.05) is 54.3 Å². The number of hydrogen-bond acceptors (Lipinski definition) is 3. The van der Waals surface area contributed by atoms with Crippen LogP contribution in [0.5, 0.6) is 0 Å². The molecule has 1 heterocycles. The Labute approximate surface area is 155 Å². The zero-order chi connectivity index (χ0) is 18.1. The zero-order valence-electron chi connectivity index (χ0n) is 15.5. The Bertz CT molecular complexity index is 768. The number of allylic oxidation sites excluding steroid dienone is 1. The van der Waals surface area contributed by atoms with Crippen LogP contribution in [0.1, 0.15) is 37.0 Å². The standard InChI is InChI=1S/C22H26N2S/c1-22(2,3)15-9-6-10-16-24(4)17-20-18-25-21(23-20)14-13-19-11-7-5-8-12-19/h5-8,10-14,18H,16-17H2,1-4H3/b10-6+,14-13+. The molecule has 0 unspecified atom stereocenters. The third-order valence-electron chi connectivity index (χ3n) is 3.28. The van der Waals surface area contributed by atoms with Crippen molar-refractivity contribution in [3.05, 3.63) is 64.1 Å². The van der Waals surface area contributed by atoms with Gasteiger partial charge in [0, 0.05) is 23.9 Å². The molecule has 0 fully saturated rings. The molecule has 1 aromatic heterocycles. The van der Waals surface area contributed by atoms with Crippen molar-refractivity contribution < 1.29 is 0 Å². The van der Waals surface area contributed by atoms with Gasteiger partial charge >= 0.3 is 0 Å². The first kappa shape index (κ1) is 19.2. The van der Waals surface area contributed by atoms with Crippen LogP contribution >= 0.6 is 11.3 Å². The van der Waals surface area contributed by atoms with Crippen molar-refractivity contribution in [2.24, 2.45) is 5.41 Å². The van der Waals surface area contributed by atoms with E-state index >= 15 is 0 Å². The Morgan fingerprint density at radius 1 is 1.16 bits per heavy atom. The SMILES string of the molecule is CN(C/C=C/C#CC(C)(C)C)Cc1csc(/C=C/c2ccccc2)n1. The first-order chi connectivity index (χ1) is 11.9. The highest BCUT2D eigenvalue weighted by atomic mass is 32.1. The monoisotopic (exact) mass is 350 g/mol. The summed E-state index contributed by atoms with van der Waals surface area (Å²) in [7, 11) is 2.10. The highest BCUT2D eigenvalue weighted by molar-refractivity contribution is 7.10. The van der Waals surface area contributed by atoms with Crippen molar-refractivity contribution in [1.82, 2.24) is 9.88 Å². The van der Waals surface area contributed by atoms with Gasteiger partial charge in [-0.15, -0.1) is 11.3 Å². The third kappa shape index (κ3) is 7.98. The maximum Gasteiger partial charge on any atom is 0.116 e. The summed E-state index contributed by atoms with van der Waals surface area (Å²) in [6.45, 7) is 8.06. The Hall–Kier alpha value is -2.15. The summed E-state index contributed by atoms with van der Waals surface area (Å²) in [5.74, 6) is 6.30. The predicted molar refractivity (Wildman–Crippen MR) is 110 cm³/mol. The Morgan fingerprint density at radius 2 is 1.92 bits per heavy atom. The van der Waals surface area contributed by atoms with Crippen LogP contribution in [0.4, 0.5) is 0 Å². The lowest BCUT2D eigenvalue weighted by atomic mass is 9.98. The van der Waals surface area contributed by atoms with E-state index in [-0.39, 0.29) is 5.41 Å². The summed E-state index contributed by atoms with van der Waals surface area (Å²) in [5.41, 5.74) is 2.35. The molecule has 0 spiro atoms. The molecule has 25 heavy (non-hydrogen) atoms. The quantitative estimate of drug-likeness (QED) is 0.653. The van der Waals surface area contributed by atoms with Gasteiger partial charge in [-0.3, -0.25) is 4.90 Å². The Kier molecular flexibility index (Phi) is 7.18. The van der Waals surface area contributed by atoms with Gasteiger partial charge in [-0.25, -0.2) is 4.98 Å². The van der Waals surface area contributed by atoms with E-state index in [1.165, 1.54) is 5.56 Å². The van der Waals surface area contributed by atoms with E-state index in [9.17, 15) is 0 Å². The van der Waals surface area contributed by atoms with Gasteiger partial charge in [0.2, 0.25) is 0 Å². The van der Waals surface area contributed by atoms with Crippen molar-refractivity contribution in [1.29, 1.82) is 0 Å². The number of rotatable bonds is 6. The second-order valence-corrected chi connectivity index (χ2v) is 7.93. The molecular formula is C22H26N2S. The molecule has 0 N–H and O–H groups in total. The Morgan fingerprint density at radius 3 is 2.64 bits per heavy atom. The molecule has 0 amide bonds. The highest BCUT2D eigenvalue weighted by Crippen LogP contribution is 2.15. The molecule has 3 heteroatoms. The molecule has 0 aliphatic heterocycles. The number of aromatic nitrogens is 1. The fourth-order valence-electron chi connectivity index (χ4n) is 2.09. The van der Waals surface area contributed by atoms with E-state index in [4.69, 9.17) is 0 Å². The van der Waals surface area contributed by atoms with Gasteiger partial charge in [0.1, 0.15) is 5.01 Å². The number of benzene rings is 1. The van der Waals surface area contributed by atoms with Crippen LogP contribution in [-0.2, 0) is 6.54 Å². The maximum absolute atomic E-state index is 4.68. The minimum absolute atomic E-state index is 0.0561. The normalized spacial score (nSPS) is 12.0. The molecular weight excluding hydrogens is 324 g/mol. The summed E-state index contributed by atoms with van der Waals surface area (Å²) in [6, 6.07) is 10.3. The second kappa shape index (κ2) is 9.36.